The number of hydrogen-bond donors (Lipinski definition) is 2. The molecule has 0 radical (unpaired) electrons. The highest BCUT2D eigenvalue weighted by atomic mass is 16.3. The lowest BCUT2D eigenvalue weighted by atomic mass is 9.64. The molecule has 0 saturated heterocycles. The largest absolute Gasteiger partial charge is 0.392 e. The van der Waals surface area contributed by atoms with Gasteiger partial charge in [0.1, 0.15) is 0 Å². The van der Waals surface area contributed by atoms with Crippen LogP contribution in [0.2, 0.25) is 0 Å². The Morgan fingerprint density at radius 2 is 1.88 bits per heavy atom. The number of nitrogens with one attached hydrogen (secondary N) is 1. The highest BCUT2D eigenvalue weighted by molar-refractivity contribution is 5.79. The molecule has 2 N–H and O–H groups in total. The van der Waals surface area contributed by atoms with Gasteiger partial charge in [0.2, 0.25) is 5.91 Å². The molecule has 1 amide bonds. The summed E-state index contributed by atoms with van der Waals surface area (Å²) in [6.07, 6.45) is 6.19. The maximum atomic E-state index is 12.0. The van der Waals surface area contributed by atoms with E-state index in [0.717, 1.165) is 12.8 Å². The number of hydrogen-bond acceptors (Lipinski definition) is 2. The molecule has 2 fully saturated rings. The Hall–Kier alpha value is -0.570. The first-order chi connectivity index (χ1) is 7.51. The lowest BCUT2D eigenvalue weighted by molar-refractivity contribution is -0.134. The minimum Gasteiger partial charge on any atom is -0.392 e. The first kappa shape index (κ1) is 11.9. The van der Waals surface area contributed by atoms with Crippen LogP contribution in [0.25, 0.3) is 0 Å². The second-order valence-corrected chi connectivity index (χ2v) is 5.97. The molecule has 2 rings (SSSR count). The van der Waals surface area contributed by atoms with Gasteiger partial charge in [-0.25, -0.2) is 0 Å². The predicted molar refractivity (Wildman–Crippen MR) is 62.9 cm³/mol. The van der Waals surface area contributed by atoms with E-state index in [1.807, 2.05) is 13.8 Å². The number of aliphatic hydroxyl groups excluding tert-OH is 1. The molecule has 0 heterocycles. The Labute approximate surface area is 97.6 Å². The van der Waals surface area contributed by atoms with Crippen LogP contribution in [0.1, 0.15) is 52.4 Å². The summed E-state index contributed by atoms with van der Waals surface area (Å²) in [6.45, 7) is 4.04. The van der Waals surface area contributed by atoms with Gasteiger partial charge in [-0.15, -0.1) is 0 Å². The number of rotatable bonds is 2. The topological polar surface area (TPSA) is 49.3 Å². The molecule has 0 aliphatic heterocycles. The molecule has 0 spiro atoms. The molecule has 0 aromatic rings. The van der Waals surface area contributed by atoms with Crippen molar-refractivity contribution in [3.05, 3.63) is 0 Å². The summed E-state index contributed by atoms with van der Waals surface area (Å²) in [5.41, 5.74) is -0.148. The van der Waals surface area contributed by atoms with E-state index in [2.05, 4.69) is 5.32 Å². The first-order valence-corrected chi connectivity index (χ1v) is 6.50. The van der Waals surface area contributed by atoms with Crippen LogP contribution in [-0.2, 0) is 4.79 Å². The average Bonchev–Trinajstić information content (AvgIpc) is 2.29. The van der Waals surface area contributed by atoms with Crippen molar-refractivity contribution < 1.29 is 9.90 Å². The van der Waals surface area contributed by atoms with Crippen molar-refractivity contribution in [1.82, 2.24) is 5.32 Å². The number of amides is 1. The van der Waals surface area contributed by atoms with Crippen molar-refractivity contribution in [3.8, 4) is 0 Å². The zero-order valence-electron chi connectivity index (χ0n) is 10.3. The molecule has 92 valence electrons. The molecule has 2 aliphatic rings. The van der Waals surface area contributed by atoms with Crippen molar-refractivity contribution in [2.45, 2.75) is 64.5 Å². The molecule has 0 aromatic carbocycles. The van der Waals surface area contributed by atoms with Crippen LogP contribution in [0.3, 0.4) is 0 Å². The van der Waals surface area contributed by atoms with E-state index in [-0.39, 0.29) is 29.4 Å². The maximum absolute atomic E-state index is 12.0. The molecule has 2 aliphatic carbocycles. The normalized spacial score (nSPS) is 34.2. The van der Waals surface area contributed by atoms with Crippen molar-refractivity contribution in [2.75, 3.05) is 0 Å². The maximum Gasteiger partial charge on any atom is 0.223 e. The molecule has 3 heteroatoms. The zero-order chi connectivity index (χ0) is 11.8. The summed E-state index contributed by atoms with van der Waals surface area (Å²) in [4.78, 5) is 12.0. The first-order valence-electron chi connectivity index (χ1n) is 6.50. The molecule has 16 heavy (non-hydrogen) atoms. The summed E-state index contributed by atoms with van der Waals surface area (Å²) in [7, 11) is 0. The van der Waals surface area contributed by atoms with Crippen LogP contribution in [0.5, 0.6) is 0 Å². The third-order valence-electron chi connectivity index (χ3n) is 4.51. The van der Waals surface area contributed by atoms with Crippen LogP contribution >= 0.6 is 0 Å². The van der Waals surface area contributed by atoms with E-state index >= 15 is 0 Å². The fourth-order valence-corrected chi connectivity index (χ4v) is 2.80. The summed E-state index contributed by atoms with van der Waals surface area (Å²) in [5, 5.41) is 12.7. The van der Waals surface area contributed by atoms with Gasteiger partial charge in [0.25, 0.3) is 0 Å². The molecule has 2 atom stereocenters. The van der Waals surface area contributed by atoms with Gasteiger partial charge < -0.3 is 10.4 Å². The third-order valence-corrected chi connectivity index (χ3v) is 4.51. The highest BCUT2D eigenvalue weighted by Crippen LogP contribution is 2.40. The minimum atomic E-state index is -0.260. The minimum absolute atomic E-state index is 0.148. The van der Waals surface area contributed by atoms with E-state index in [1.54, 1.807) is 0 Å². The summed E-state index contributed by atoms with van der Waals surface area (Å²) in [5.74, 6) is 0.437. The van der Waals surface area contributed by atoms with Gasteiger partial charge >= 0.3 is 0 Å². The second-order valence-electron chi connectivity index (χ2n) is 5.97. The zero-order valence-corrected chi connectivity index (χ0v) is 10.3. The Morgan fingerprint density at radius 1 is 1.25 bits per heavy atom. The smallest absolute Gasteiger partial charge is 0.223 e. The second kappa shape index (κ2) is 4.36. The van der Waals surface area contributed by atoms with Gasteiger partial charge in [-0.3, -0.25) is 4.79 Å². The molecule has 0 aromatic heterocycles. The molecule has 3 nitrogen and oxygen atoms in total. The molecule has 0 bridgehead atoms. The average molecular weight is 225 g/mol. The molecular weight excluding hydrogens is 202 g/mol. The monoisotopic (exact) mass is 225 g/mol. The highest BCUT2D eigenvalue weighted by Gasteiger charge is 2.48. The fourth-order valence-electron chi connectivity index (χ4n) is 2.80. The number of carbonyl (C=O) groups is 1. The van der Waals surface area contributed by atoms with Crippen LogP contribution < -0.4 is 5.32 Å². The quantitative estimate of drug-likeness (QED) is 0.753. The van der Waals surface area contributed by atoms with Gasteiger partial charge in [-0.05, 0) is 19.3 Å². The van der Waals surface area contributed by atoms with Crippen LogP contribution in [-0.4, -0.2) is 23.2 Å². The lowest BCUT2D eigenvalue weighted by Gasteiger charge is -2.49. The Balaban J connectivity index is 1.83. The van der Waals surface area contributed by atoms with Crippen molar-refractivity contribution in [1.29, 1.82) is 0 Å². The summed E-state index contributed by atoms with van der Waals surface area (Å²) < 4.78 is 0. The predicted octanol–water partition coefficient (Wildman–Crippen LogP) is 1.84. The Morgan fingerprint density at radius 3 is 2.38 bits per heavy atom. The van der Waals surface area contributed by atoms with Gasteiger partial charge in [-0.2, -0.15) is 0 Å². The fraction of sp³-hybridized carbons (Fsp3) is 0.923. The molecule has 2 saturated carbocycles. The number of carbonyl (C=O) groups excluding carboxylic acids is 1. The van der Waals surface area contributed by atoms with E-state index in [0.29, 0.717) is 6.42 Å². The van der Waals surface area contributed by atoms with Crippen LogP contribution in [0, 0.1) is 11.3 Å². The van der Waals surface area contributed by atoms with E-state index in [1.165, 1.54) is 19.3 Å². The Bertz CT molecular complexity index is 269. The van der Waals surface area contributed by atoms with Crippen LogP contribution in [0.4, 0.5) is 0 Å². The van der Waals surface area contributed by atoms with Crippen molar-refractivity contribution in [3.63, 3.8) is 0 Å². The van der Waals surface area contributed by atoms with E-state index in [9.17, 15) is 9.90 Å². The lowest BCUT2D eigenvalue weighted by Crippen LogP contribution is -2.61. The molecular formula is C13H23NO2. The third kappa shape index (κ3) is 2.10. The van der Waals surface area contributed by atoms with Crippen molar-refractivity contribution >= 4 is 5.91 Å². The summed E-state index contributed by atoms with van der Waals surface area (Å²) in [6, 6.07) is 0.164. The molecule has 2 unspecified atom stereocenters. The number of aliphatic hydroxyl groups is 1. The van der Waals surface area contributed by atoms with Crippen molar-refractivity contribution in [2.24, 2.45) is 11.3 Å². The van der Waals surface area contributed by atoms with Gasteiger partial charge in [0.05, 0.1) is 6.10 Å². The van der Waals surface area contributed by atoms with Gasteiger partial charge in [0, 0.05) is 17.4 Å². The van der Waals surface area contributed by atoms with E-state index < -0.39 is 0 Å². The Kier molecular flexibility index (Phi) is 3.24. The van der Waals surface area contributed by atoms with Gasteiger partial charge in [-0.1, -0.05) is 33.1 Å². The van der Waals surface area contributed by atoms with Gasteiger partial charge in [0.15, 0.2) is 0 Å². The standard InChI is InChI=1S/C13H23NO2/c1-13(2)10(8-11(13)15)14-12(16)9-6-4-3-5-7-9/h9-11,15H,3-8H2,1-2H3,(H,14,16). The summed E-state index contributed by atoms with van der Waals surface area (Å²) >= 11 is 0. The SMILES string of the molecule is CC1(C)C(O)CC1NC(=O)C1CCCCC1. The van der Waals surface area contributed by atoms with E-state index in [4.69, 9.17) is 0 Å². The van der Waals surface area contributed by atoms with Crippen LogP contribution in [0.15, 0.2) is 0 Å².